The number of carbonyl (C=O) groups is 1. The smallest absolute Gasteiger partial charge is 0.151 e. The molecule has 12 heavy (non-hydrogen) atoms. The zero-order valence-electron chi connectivity index (χ0n) is 6.08. The summed E-state index contributed by atoms with van der Waals surface area (Å²) in [4.78, 5) is 10.5. The maximum absolute atomic E-state index is 10.5. The molecule has 0 unspecified atom stereocenters. The van der Waals surface area contributed by atoms with Gasteiger partial charge in [0.1, 0.15) is 0 Å². The minimum atomic E-state index is 0.643. The van der Waals surface area contributed by atoms with E-state index in [1.807, 2.05) is 6.07 Å². The average Bonchev–Trinajstić information content (AvgIpc) is 2.49. The fraction of sp³-hybridized carbons (Fsp3) is 0. The average molecular weight is 225 g/mol. The summed E-state index contributed by atoms with van der Waals surface area (Å²) in [5, 5.41) is 1.94. The van der Waals surface area contributed by atoms with Gasteiger partial charge in [-0.25, -0.2) is 0 Å². The van der Waals surface area contributed by atoms with Gasteiger partial charge in [0.05, 0.1) is 12.5 Å². The van der Waals surface area contributed by atoms with E-state index in [0.717, 1.165) is 21.5 Å². The third-order valence-corrected chi connectivity index (χ3v) is 2.41. The third kappa shape index (κ3) is 1.06. The van der Waals surface area contributed by atoms with Crippen LogP contribution in [0.15, 0.2) is 33.5 Å². The van der Waals surface area contributed by atoms with Crippen LogP contribution in [0, 0.1) is 0 Å². The van der Waals surface area contributed by atoms with E-state index in [0.29, 0.717) is 5.56 Å². The first-order valence-electron chi connectivity index (χ1n) is 3.42. The Morgan fingerprint density at radius 2 is 1.92 bits per heavy atom. The number of rotatable bonds is 1. The highest BCUT2D eigenvalue weighted by Crippen LogP contribution is 2.23. The van der Waals surface area contributed by atoms with Crippen LogP contribution in [0.3, 0.4) is 0 Å². The molecule has 0 saturated carbocycles. The molecule has 0 aliphatic rings. The monoisotopic (exact) mass is 224 g/mol. The van der Waals surface area contributed by atoms with Crippen LogP contribution in [0.4, 0.5) is 0 Å². The second-order valence-corrected chi connectivity index (χ2v) is 3.35. The molecule has 0 atom stereocenters. The van der Waals surface area contributed by atoms with Crippen molar-refractivity contribution in [2.45, 2.75) is 0 Å². The summed E-state index contributed by atoms with van der Waals surface area (Å²) in [5.74, 6) is 0. The van der Waals surface area contributed by atoms with E-state index in [9.17, 15) is 4.79 Å². The summed E-state index contributed by atoms with van der Waals surface area (Å²) in [7, 11) is 0. The van der Waals surface area contributed by atoms with Gasteiger partial charge in [0, 0.05) is 20.8 Å². The quantitative estimate of drug-likeness (QED) is 0.698. The van der Waals surface area contributed by atoms with Crippen LogP contribution in [-0.2, 0) is 0 Å². The van der Waals surface area contributed by atoms with Crippen LogP contribution in [0.1, 0.15) is 10.4 Å². The molecule has 1 aromatic heterocycles. The molecule has 0 N–H and O–H groups in total. The van der Waals surface area contributed by atoms with E-state index in [-0.39, 0.29) is 0 Å². The van der Waals surface area contributed by atoms with Crippen molar-refractivity contribution in [2.75, 3.05) is 0 Å². The fourth-order valence-corrected chi connectivity index (χ4v) is 1.55. The standard InChI is InChI=1S/C9H5BrO2/c10-9-2-8-5-12-4-7(8)1-6(9)3-11/h1-5H. The number of aldehydes is 1. The van der Waals surface area contributed by atoms with Gasteiger partial charge < -0.3 is 4.42 Å². The van der Waals surface area contributed by atoms with E-state index >= 15 is 0 Å². The molecule has 0 amide bonds. The first kappa shape index (κ1) is 7.55. The van der Waals surface area contributed by atoms with Crippen LogP contribution in [0.25, 0.3) is 10.8 Å². The zero-order chi connectivity index (χ0) is 8.55. The van der Waals surface area contributed by atoms with E-state index in [1.165, 1.54) is 0 Å². The van der Waals surface area contributed by atoms with Crippen molar-refractivity contribution in [3.63, 3.8) is 0 Å². The van der Waals surface area contributed by atoms with Crippen molar-refractivity contribution < 1.29 is 9.21 Å². The zero-order valence-corrected chi connectivity index (χ0v) is 7.67. The summed E-state index contributed by atoms with van der Waals surface area (Å²) < 4.78 is 5.78. The van der Waals surface area contributed by atoms with Crippen LogP contribution in [0.2, 0.25) is 0 Å². The molecule has 0 fully saturated rings. The normalized spacial score (nSPS) is 10.4. The molecule has 1 aromatic carbocycles. The molecule has 0 aliphatic heterocycles. The van der Waals surface area contributed by atoms with E-state index < -0.39 is 0 Å². The van der Waals surface area contributed by atoms with Gasteiger partial charge in [-0.3, -0.25) is 4.79 Å². The first-order valence-corrected chi connectivity index (χ1v) is 4.21. The van der Waals surface area contributed by atoms with Gasteiger partial charge in [0.2, 0.25) is 0 Å². The van der Waals surface area contributed by atoms with Gasteiger partial charge in [0.15, 0.2) is 6.29 Å². The Hall–Kier alpha value is -1.09. The topological polar surface area (TPSA) is 30.2 Å². The van der Waals surface area contributed by atoms with Crippen LogP contribution < -0.4 is 0 Å². The van der Waals surface area contributed by atoms with Crippen molar-refractivity contribution in [3.05, 3.63) is 34.7 Å². The van der Waals surface area contributed by atoms with Gasteiger partial charge in [-0.15, -0.1) is 0 Å². The molecule has 2 nitrogen and oxygen atoms in total. The summed E-state index contributed by atoms with van der Waals surface area (Å²) in [6.45, 7) is 0. The summed E-state index contributed by atoms with van der Waals surface area (Å²) >= 11 is 3.29. The molecule has 2 aromatic rings. The van der Waals surface area contributed by atoms with Crippen LogP contribution in [-0.4, -0.2) is 6.29 Å². The van der Waals surface area contributed by atoms with E-state index in [2.05, 4.69) is 15.9 Å². The molecule has 1 heterocycles. The summed E-state index contributed by atoms with van der Waals surface area (Å²) in [5.41, 5.74) is 0.643. The van der Waals surface area contributed by atoms with Crippen molar-refractivity contribution in [1.29, 1.82) is 0 Å². The number of hydrogen-bond donors (Lipinski definition) is 0. The van der Waals surface area contributed by atoms with Crippen molar-refractivity contribution in [1.82, 2.24) is 0 Å². The van der Waals surface area contributed by atoms with Crippen molar-refractivity contribution >= 4 is 33.0 Å². The molecule has 2 rings (SSSR count). The maximum Gasteiger partial charge on any atom is 0.151 e. The molecule has 60 valence electrons. The number of hydrogen-bond acceptors (Lipinski definition) is 2. The highest BCUT2D eigenvalue weighted by Gasteiger charge is 2.02. The minimum Gasteiger partial charge on any atom is -0.471 e. The maximum atomic E-state index is 10.5. The van der Waals surface area contributed by atoms with E-state index in [4.69, 9.17) is 4.42 Å². The Bertz CT molecular complexity index is 431. The second-order valence-electron chi connectivity index (χ2n) is 2.49. The lowest BCUT2D eigenvalue weighted by Crippen LogP contribution is -1.80. The SMILES string of the molecule is O=Cc1cc2cocc2cc1Br. The highest BCUT2D eigenvalue weighted by atomic mass is 79.9. The predicted octanol–water partition coefficient (Wildman–Crippen LogP) is 3.01. The Labute approximate surface area is 77.3 Å². The molecule has 0 saturated heterocycles. The lowest BCUT2D eigenvalue weighted by Gasteiger charge is -1.94. The Balaban J connectivity index is 2.81. The Kier molecular flexibility index (Phi) is 1.73. The number of benzene rings is 1. The van der Waals surface area contributed by atoms with Gasteiger partial charge in [-0.2, -0.15) is 0 Å². The number of furan rings is 1. The highest BCUT2D eigenvalue weighted by molar-refractivity contribution is 9.10. The second kappa shape index (κ2) is 2.75. The van der Waals surface area contributed by atoms with Crippen molar-refractivity contribution in [2.24, 2.45) is 0 Å². The van der Waals surface area contributed by atoms with Gasteiger partial charge in [0.25, 0.3) is 0 Å². The molecular weight excluding hydrogens is 220 g/mol. The predicted molar refractivity (Wildman–Crippen MR) is 49.3 cm³/mol. The van der Waals surface area contributed by atoms with Gasteiger partial charge in [-0.05, 0) is 12.1 Å². The molecule has 3 heteroatoms. The molecule has 0 aliphatic carbocycles. The molecule has 0 spiro atoms. The largest absolute Gasteiger partial charge is 0.471 e. The van der Waals surface area contributed by atoms with Gasteiger partial charge in [-0.1, -0.05) is 15.9 Å². The molecule has 0 radical (unpaired) electrons. The van der Waals surface area contributed by atoms with Crippen LogP contribution >= 0.6 is 15.9 Å². The summed E-state index contributed by atoms with van der Waals surface area (Å²) in [6, 6.07) is 3.65. The third-order valence-electron chi connectivity index (χ3n) is 1.72. The molecular formula is C9H5BrO2. The lowest BCUT2D eigenvalue weighted by molar-refractivity contribution is 0.112. The Morgan fingerprint density at radius 3 is 2.58 bits per heavy atom. The van der Waals surface area contributed by atoms with Crippen LogP contribution in [0.5, 0.6) is 0 Å². The minimum absolute atomic E-state index is 0.643. The number of carbonyl (C=O) groups excluding carboxylic acids is 1. The van der Waals surface area contributed by atoms with Crippen molar-refractivity contribution in [3.8, 4) is 0 Å². The fourth-order valence-electron chi connectivity index (χ4n) is 1.10. The summed E-state index contributed by atoms with van der Waals surface area (Å²) in [6.07, 6.45) is 4.08. The first-order chi connectivity index (χ1) is 5.81. The number of halogens is 1. The Morgan fingerprint density at radius 1 is 1.25 bits per heavy atom. The van der Waals surface area contributed by atoms with Gasteiger partial charge >= 0.3 is 0 Å². The number of fused-ring (bicyclic) bond motifs is 1. The molecule has 0 bridgehead atoms. The van der Waals surface area contributed by atoms with E-state index in [1.54, 1.807) is 18.6 Å². The lowest BCUT2D eigenvalue weighted by atomic mass is 10.1.